The average molecular weight is 399 g/mol. The van der Waals surface area contributed by atoms with Crippen molar-refractivity contribution < 1.29 is 23.8 Å². The van der Waals surface area contributed by atoms with Crippen LogP contribution in [0.4, 0.5) is 4.39 Å². The molecule has 1 aliphatic rings. The zero-order valence-electron chi connectivity index (χ0n) is 16.4. The number of nitrogens with zero attached hydrogens (tertiary/aromatic N) is 1. The maximum Gasteiger partial charge on any atom is 0.335 e. The van der Waals surface area contributed by atoms with Crippen molar-refractivity contribution in [1.29, 1.82) is 0 Å². The van der Waals surface area contributed by atoms with Crippen molar-refractivity contribution in [2.24, 2.45) is 5.92 Å². The van der Waals surface area contributed by atoms with Crippen molar-refractivity contribution in [3.05, 3.63) is 65.5 Å². The van der Waals surface area contributed by atoms with Crippen LogP contribution in [0.1, 0.15) is 41.6 Å². The third kappa shape index (κ3) is 5.79. The summed E-state index contributed by atoms with van der Waals surface area (Å²) >= 11 is 0. The van der Waals surface area contributed by atoms with Gasteiger partial charge in [0.1, 0.15) is 0 Å². The number of amides is 1. The second kappa shape index (κ2) is 10.0. The van der Waals surface area contributed by atoms with Gasteiger partial charge in [0.2, 0.25) is 5.91 Å². The molecule has 1 amide bonds. The Labute approximate surface area is 170 Å². The second-order valence-corrected chi connectivity index (χ2v) is 7.37. The van der Waals surface area contributed by atoms with Gasteiger partial charge in [-0.05, 0) is 55.4 Å². The lowest BCUT2D eigenvalue weighted by Crippen LogP contribution is -2.39. The summed E-state index contributed by atoms with van der Waals surface area (Å²) in [6.45, 7) is 1.68. The van der Waals surface area contributed by atoms with Crippen LogP contribution < -0.4 is 4.74 Å². The molecule has 3 rings (SSSR count). The van der Waals surface area contributed by atoms with E-state index >= 15 is 0 Å². The predicted molar refractivity (Wildman–Crippen MR) is 108 cm³/mol. The van der Waals surface area contributed by atoms with Crippen LogP contribution in [0, 0.1) is 11.7 Å². The molecule has 2 aromatic carbocycles. The Morgan fingerprint density at radius 1 is 1.07 bits per heavy atom. The monoisotopic (exact) mass is 399 g/mol. The van der Waals surface area contributed by atoms with Gasteiger partial charge in [0.15, 0.2) is 11.6 Å². The minimum absolute atomic E-state index is 0.0894. The molecular formula is C23H26FNO4. The molecule has 1 N–H and O–H groups in total. The number of aromatic carboxylic acids is 1. The Kier molecular flexibility index (Phi) is 7.22. The fraction of sp³-hybridized carbons (Fsp3) is 0.391. The van der Waals surface area contributed by atoms with Crippen LogP contribution in [0.25, 0.3) is 0 Å². The van der Waals surface area contributed by atoms with E-state index in [4.69, 9.17) is 4.74 Å². The third-order valence-electron chi connectivity index (χ3n) is 5.35. The van der Waals surface area contributed by atoms with Gasteiger partial charge >= 0.3 is 5.97 Å². The van der Waals surface area contributed by atoms with Crippen LogP contribution in [0.3, 0.4) is 0 Å². The predicted octanol–water partition coefficient (Wildman–Crippen LogP) is 4.16. The van der Waals surface area contributed by atoms with Crippen molar-refractivity contribution in [3.8, 4) is 5.75 Å². The molecule has 2 aromatic rings. The Balaban J connectivity index is 1.39. The van der Waals surface area contributed by atoms with E-state index in [2.05, 4.69) is 0 Å². The van der Waals surface area contributed by atoms with Gasteiger partial charge in [0.05, 0.1) is 12.2 Å². The Hall–Kier alpha value is -2.89. The first-order chi connectivity index (χ1) is 14.0. The minimum Gasteiger partial charge on any atom is -0.491 e. The number of ether oxygens (including phenoxy) is 1. The molecule has 1 heterocycles. The van der Waals surface area contributed by atoms with Crippen LogP contribution in [0.5, 0.6) is 5.75 Å². The zero-order valence-corrected chi connectivity index (χ0v) is 16.4. The lowest BCUT2D eigenvalue weighted by atomic mass is 9.88. The number of carboxylic acid groups (broad SMARTS) is 1. The number of rotatable bonds is 8. The molecular weight excluding hydrogens is 373 g/mol. The molecule has 154 valence electrons. The molecule has 0 atom stereocenters. The van der Waals surface area contributed by atoms with Gasteiger partial charge in [-0.2, -0.15) is 0 Å². The summed E-state index contributed by atoms with van der Waals surface area (Å²) in [6.07, 6.45) is 3.37. The Bertz CT molecular complexity index is 846. The van der Waals surface area contributed by atoms with E-state index in [9.17, 15) is 19.1 Å². The van der Waals surface area contributed by atoms with Gasteiger partial charge in [-0.3, -0.25) is 4.79 Å². The number of piperidine rings is 1. The van der Waals surface area contributed by atoms with E-state index in [0.717, 1.165) is 24.8 Å². The van der Waals surface area contributed by atoms with Gasteiger partial charge in [-0.25, -0.2) is 9.18 Å². The molecule has 1 aliphatic heterocycles. The largest absolute Gasteiger partial charge is 0.491 e. The fourth-order valence-corrected chi connectivity index (χ4v) is 3.73. The van der Waals surface area contributed by atoms with E-state index < -0.39 is 11.8 Å². The molecule has 0 saturated carbocycles. The van der Waals surface area contributed by atoms with Gasteiger partial charge in [0.25, 0.3) is 0 Å². The van der Waals surface area contributed by atoms with Crippen molar-refractivity contribution in [3.63, 3.8) is 0 Å². The molecule has 0 spiro atoms. The zero-order chi connectivity index (χ0) is 20.6. The summed E-state index contributed by atoms with van der Waals surface area (Å²) in [4.78, 5) is 25.6. The topological polar surface area (TPSA) is 66.8 Å². The lowest BCUT2D eigenvalue weighted by molar-refractivity contribution is -0.132. The molecule has 0 aromatic heterocycles. The van der Waals surface area contributed by atoms with E-state index in [1.54, 1.807) is 30.3 Å². The standard InChI is InChI=1S/C23H26FNO4/c24-20-8-3-4-9-21(20)29-15-5-10-22(26)25-13-11-17(12-14-25)16-18-6-1-2-7-19(18)23(27)28/h1-4,6-9,17H,5,10-16H2,(H,27,28). The van der Waals surface area contributed by atoms with Crippen LogP contribution in [0.15, 0.2) is 48.5 Å². The molecule has 0 bridgehead atoms. The van der Waals surface area contributed by atoms with E-state index in [-0.39, 0.29) is 11.7 Å². The first-order valence-electron chi connectivity index (χ1n) is 10.0. The van der Waals surface area contributed by atoms with E-state index in [1.165, 1.54) is 6.07 Å². The number of benzene rings is 2. The molecule has 0 aliphatic carbocycles. The number of halogens is 1. The quantitative estimate of drug-likeness (QED) is 0.677. The number of para-hydroxylation sites is 1. The lowest BCUT2D eigenvalue weighted by Gasteiger charge is -2.32. The van der Waals surface area contributed by atoms with E-state index in [1.807, 2.05) is 17.0 Å². The highest BCUT2D eigenvalue weighted by molar-refractivity contribution is 5.89. The van der Waals surface area contributed by atoms with Gasteiger partial charge in [-0.15, -0.1) is 0 Å². The molecule has 1 fully saturated rings. The molecule has 29 heavy (non-hydrogen) atoms. The minimum atomic E-state index is -0.897. The first-order valence-corrected chi connectivity index (χ1v) is 10.0. The maximum absolute atomic E-state index is 13.5. The normalized spacial score (nSPS) is 14.6. The molecule has 1 saturated heterocycles. The summed E-state index contributed by atoms with van der Waals surface area (Å²) < 4.78 is 18.9. The fourth-order valence-electron chi connectivity index (χ4n) is 3.73. The van der Waals surface area contributed by atoms with Crippen molar-refractivity contribution in [1.82, 2.24) is 4.90 Å². The van der Waals surface area contributed by atoms with E-state index in [0.29, 0.717) is 44.0 Å². The molecule has 0 unspecified atom stereocenters. The van der Waals surface area contributed by atoms with Gasteiger partial charge in [-0.1, -0.05) is 30.3 Å². The summed E-state index contributed by atoms with van der Waals surface area (Å²) in [6, 6.07) is 13.4. The van der Waals surface area contributed by atoms with Crippen molar-refractivity contribution >= 4 is 11.9 Å². The smallest absolute Gasteiger partial charge is 0.335 e. The number of hydrogen-bond donors (Lipinski definition) is 1. The number of carboxylic acids is 1. The molecule has 0 radical (unpaired) electrons. The molecule has 6 heteroatoms. The van der Waals surface area contributed by atoms with Crippen LogP contribution in [-0.4, -0.2) is 41.6 Å². The number of likely N-dealkylation sites (tertiary alicyclic amines) is 1. The highest BCUT2D eigenvalue weighted by Gasteiger charge is 2.24. The molecule has 5 nitrogen and oxygen atoms in total. The Morgan fingerprint density at radius 3 is 2.48 bits per heavy atom. The van der Waals surface area contributed by atoms with Crippen LogP contribution >= 0.6 is 0 Å². The first kappa shape index (κ1) is 20.8. The second-order valence-electron chi connectivity index (χ2n) is 7.37. The van der Waals surface area contributed by atoms with Crippen molar-refractivity contribution in [2.45, 2.75) is 32.1 Å². The van der Waals surface area contributed by atoms with Gasteiger partial charge < -0.3 is 14.7 Å². The number of carbonyl (C=O) groups is 2. The van der Waals surface area contributed by atoms with Crippen LogP contribution in [0.2, 0.25) is 0 Å². The summed E-state index contributed by atoms with van der Waals surface area (Å²) in [7, 11) is 0. The summed E-state index contributed by atoms with van der Waals surface area (Å²) in [5, 5.41) is 9.32. The summed E-state index contributed by atoms with van der Waals surface area (Å²) in [5.74, 6) is -0.617. The highest BCUT2D eigenvalue weighted by atomic mass is 19.1. The number of hydrogen-bond acceptors (Lipinski definition) is 3. The van der Waals surface area contributed by atoms with Crippen LogP contribution in [-0.2, 0) is 11.2 Å². The van der Waals surface area contributed by atoms with Crippen molar-refractivity contribution in [2.75, 3.05) is 19.7 Å². The van der Waals surface area contributed by atoms with Gasteiger partial charge in [0, 0.05) is 19.5 Å². The highest BCUT2D eigenvalue weighted by Crippen LogP contribution is 2.24. The number of carbonyl (C=O) groups excluding carboxylic acids is 1. The SMILES string of the molecule is O=C(O)c1ccccc1CC1CCN(C(=O)CCCOc2ccccc2F)CC1. The summed E-state index contributed by atoms with van der Waals surface area (Å²) in [5.41, 5.74) is 1.22. The maximum atomic E-state index is 13.5. The third-order valence-corrected chi connectivity index (χ3v) is 5.35. The Morgan fingerprint density at radius 2 is 1.76 bits per heavy atom. The average Bonchev–Trinajstić information content (AvgIpc) is 2.73.